The number of carbonyl (C=O) groups is 1. The molecule has 0 bridgehead atoms. The summed E-state index contributed by atoms with van der Waals surface area (Å²) in [4.78, 5) is 16.3. The summed E-state index contributed by atoms with van der Waals surface area (Å²) in [5, 5.41) is 9.52. The number of para-hydroxylation sites is 1. The number of carbonyl (C=O) groups excluding carboxylic acids is 1. The summed E-state index contributed by atoms with van der Waals surface area (Å²) in [6, 6.07) is 7.98. The van der Waals surface area contributed by atoms with Crippen molar-refractivity contribution in [2.24, 2.45) is 10.9 Å². The minimum absolute atomic E-state index is 0. The number of amides is 1. The van der Waals surface area contributed by atoms with Gasteiger partial charge in [0, 0.05) is 38.7 Å². The van der Waals surface area contributed by atoms with Gasteiger partial charge in [-0.05, 0) is 31.7 Å². The van der Waals surface area contributed by atoms with E-state index in [-0.39, 0.29) is 29.9 Å². The van der Waals surface area contributed by atoms with E-state index in [1.807, 2.05) is 31.2 Å². The first-order valence-electron chi connectivity index (χ1n) is 10.1. The van der Waals surface area contributed by atoms with E-state index >= 15 is 0 Å². The molecule has 1 aromatic rings. The molecule has 1 aliphatic rings. The van der Waals surface area contributed by atoms with Gasteiger partial charge in [-0.15, -0.1) is 24.0 Å². The highest BCUT2D eigenvalue weighted by molar-refractivity contribution is 14.0. The van der Waals surface area contributed by atoms with Crippen molar-refractivity contribution in [3.05, 3.63) is 29.8 Å². The van der Waals surface area contributed by atoms with Gasteiger partial charge < -0.3 is 20.7 Å². The van der Waals surface area contributed by atoms with Crippen molar-refractivity contribution in [2.75, 3.05) is 26.7 Å². The summed E-state index contributed by atoms with van der Waals surface area (Å²) >= 11 is 0. The molecule has 0 aromatic heterocycles. The maximum atomic E-state index is 12.0. The second-order valence-electron chi connectivity index (χ2n) is 6.95. The Morgan fingerprint density at radius 3 is 2.54 bits per heavy atom. The SMILES string of the molecule is CCOc1ccccc1CNC(=NC)NCCNC(=O)CC1CCCCC1.I. The third-order valence-corrected chi connectivity index (χ3v) is 4.88. The molecule has 0 unspecified atom stereocenters. The van der Waals surface area contributed by atoms with Gasteiger partial charge in [-0.25, -0.2) is 0 Å². The Morgan fingerprint density at radius 2 is 1.82 bits per heavy atom. The third kappa shape index (κ3) is 9.12. The number of benzene rings is 1. The molecule has 1 aliphatic carbocycles. The van der Waals surface area contributed by atoms with Crippen LogP contribution < -0.4 is 20.7 Å². The minimum Gasteiger partial charge on any atom is -0.494 e. The topological polar surface area (TPSA) is 74.8 Å². The van der Waals surface area contributed by atoms with E-state index in [0.717, 1.165) is 11.3 Å². The summed E-state index contributed by atoms with van der Waals surface area (Å²) in [6.07, 6.45) is 6.93. The molecule has 1 amide bonds. The van der Waals surface area contributed by atoms with Crippen LogP contribution in [-0.2, 0) is 11.3 Å². The number of aliphatic imine (C=N–C) groups is 1. The lowest BCUT2D eigenvalue weighted by Gasteiger charge is -2.21. The van der Waals surface area contributed by atoms with Crippen molar-refractivity contribution in [1.82, 2.24) is 16.0 Å². The average molecular weight is 502 g/mol. The monoisotopic (exact) mass is 502 g/mol. The van der Waals surface area contributed by atoms with Gasteiger partial charge in [-0.3, -0.25) is 9.79 Å². The highest BCUT2D eigenvalue weighted by Gasteiger charge is 2.16. The number of hydrogen-bond donors (Lipinski definition) is 3. The standard InChI is InChI=1S/C21H34N4O2.HI/c1-3-27-19-12-8-7-11-18(19)16-25-21(22-2)24-14-13-23-20(26)15-17-9-5-4-6-10-17;/h7-8,11-12,17H,3-6,9-10,13-16H2,1-2H3,(H,23,26)(H2,22,24,25);1H. The number of nitrogens with zero attached hydrogens (tertiary/aromatic N) is 1. The molecule has 6 nitrogen and oxygen atoms in total. The molecule has 2 rings (SSSR count). The van der Waals surface area contributed by atoms with E-state index in [1.54, 1.807) is 7.05 Å². The van der Waals surface area contributed by atoms with Crippen LogP contribution >= 0.6 is 24.0 Å². The van der Waals surface area contributed by atoms with E-state index < -0.39 is 0 Å². The van der Waals surface area contributed by atoms with Gasteiger partial charge in [0.1, 0.15) is 5.75 Å². The first-order valence-corrected chi connectivity index (χ1v) is 10.1. The molecule has 0 aliphatic heterocycles. The van der Waals surface area contributed by atoms with Crippen LogP contribution in [0.3, 0.4) is 0 Å². The Labute approximate surface area is 186 Å². The smallest absolute Gasteiger partial charge is 0.220 e. The molecule has 0 atom stereocenters. The van der Waals surface area contributed by atoms with E-state index in [1.165, 1.54) is 32.1 Å². The van der Waals surface area contributed by atoms with Gasteiger partial charge in [0.05, 0.1) is 6.61 Å². The maximum Gasteiger partial charge on any atom is 0.220 e. The van der Waals surface area contributed by atoms with Crippen molar-refractivity contribution in [3.63, 3.8) is 0 Å². The molecule has 0 saturated heterocycles. The number of ether oxygens (including phenoxy) is 1. The fourth-order valence-corrected chi connectivity index (χ4v) is 3.45. The molecule has 7 heteroatoms. The molecule has 1 aromatic carbocycles. The Bertz CT molecular complexity index is 604. The second kappa shape index (κ2) is 14.5. The van der Waals surface area contributed by atoms with Crippen LogP contribution in [0.5, 0.6) is 5.75 Å². The molecule has 3 N–H and O–H groups in total. The minimum atomic E-state index is 0. The van der Waals surface area contributed by atoms with Gasteiger partial charge in [0.2, 0.25) is 5.91 Å². The molecule has 0 spiro atoms. The average Bonchev–Trinajstić information content (AvgIpc) is 2.69. The van der Waals surface area contributed by atoms with E-state index in [0.29, 0.717) is 44.5 Å². The molecule has 28 heavy (non-hydrogen) atoms. The van der Waals surface area contributed by atoms with Crippen molar-refractivity contribution < 1.29 is 9.53 Å². The highest BCUT2D eigenvalue weighted by Crippen LogP contribution is 2.25. The zero-order valence-corrected chi connectivity index (χ0v) is 19.5. The summed E-state index contributed by atoms with van der Waals surface area (Å²) in [7, 11) is 1.74. The molecular weight excluding hydrogens is 467 g/mol. The van der Waals surface area contributed by atoms with E-state index in [2.05, 4.69) is 20.9 Å². The van der Waals surface area contributed by atoms with Crippen molar-refractivity contribution in [2.45, 2.75) is 52.0 Å². The van der Waals surface area contributed by atoms with Crippen molar-refractivity contribution >= 4 is 35.8 Å². The van der Waals surface area contributed by atoms with Crippen LogP contribution in [0.1, 0.15) is 51.0 Å². The lowest BCUT2D eigenvalue weighted by Crippen LogP contribution is -2.41. The fourth-order valence-electron chi connectivity index (χ4n) is 3.45. The first kappa shape index (κ1) is 24.5. The van der Waals surface area contributed by atoms with Crippen LogP contribution in [0, 0.1) is 5.92 Å². The maximum absolute atomic E-state index is 12.0. The predicted octanol–water partition coefficient (Wildman–Crippen LogP) is 3.45. The Kier molecular flexibility index (Phi) is 12.7. The van der Waals surface area contributed by atoms with Crippen LogP contribution in [0.2, 0.25) is 0 Å². The largest absolute Gasteiger partial charge is 0.494 e. The summed E-state index contributed by atoms with van der Waals surface area (Å²) in [5.41, 5.74) is 1.09. The molecular formula is C21H35IN4O2. The van der Waals surface area contributed by atoms with Crippen LogP contribution in [-0.4, -0.2) is 38.6 Å². The zero-order valence-electron chi connectivity index (χ0n) is 17.1. The van der Waals surface area contributed by atoms with Gasteiger partial charge >= 0.3 is 0 Å². The Hall–Kier alpha value is -1.51. The number of halogens is 1. The normalized spacial score (nSPS) is 14.7. The Balaban J connectivity index is 0.00000392. The van der Waals surface area contributed by atoms with Crippen molar-refractivity contribution in [1.29, 1.82) is 0 Å². The number of rotatable bonds is 9. The zero-order chi connectivity index (χ0) is 19.3. The third-order valence-electron chi connectivity index (χ3n) is 4.88. The van der Waals surface area contributed by atoms with Crippen LogP contribution in [0.4, 0.5) is 0 Å². The summed E-state index contributed by atoms with van der Waals surface area (Å²) in [6.45, 7) is 4.49. The van der Waals surface area contributed by atoms with Gasteiger partial charge in [0.15, 0.2) is 5.96 Å². The molecule has 0 radical (unpaired) electrons. The Morgan fingerprint density at radius 1 is 1.11 bits per heavy atom. The van der Waals surface area contributed by atoms with E-state index in [9.17, 15) is 4.79 Å². The molecule has 1 fully saturated rings. The summed E-state index contributed by atoms with van der Waals surface area (Å²) in [5.74, 6) is 2.34. The molecule has 1 saturated carbocycles. The van der Waals surface area contributed by atoms with Gasteiger partial charge in [-0.2, -0.15) is 0 Å². The quantitative estimate of drug-likeness (QED) is 0.209. The summed E-state index contributed by atoms with van der Waals surface area (Å²) < 4.78 is 5.64. The van der Waals surface area contributed by atoms with Gasteiger partial charge in [-0.1, -0.05) is 37.5 Å². The lowest BCUT2D eigenvalue weighted by atomic mass is 9.87. The fraction of sp³-hybridized carbons (Fsp3) is 0.619. The second-order valence-corrected chi connectivity index (χ2v) is 6.95. The lowest BCUT2D eigenvalue weighted by molar-refractivity contribution is -0.122. The highest BCUT2D eigenvalue weighted by atomic mass is 127. The number of hydrogen-bond acceptors (Lipinski definition) is 3. The van der Waals surface area contributed by atoms with Crippen LogP contribution in [0.15, 0.2) is 29.3 Å². The van der Waals surface area contributed by atoms with Gasteiger partial charge in [0.25, 0.3) is 0 Å². The first-order chi connectivity index (χ1) is 13.2. The van der Waals surface area contributed by atoms with Crippen LogP contribution in [0.25, 0.3) is 0 Å². The molecule has 158 valence electrons. The number of guanidine groups is 1. The molecule has 0 heterocycles. The number of nitrogens with one attached hydrogen (secondary N) is 3. The van der Waals surface area contributed by atoms with E-state index in [4.69, 9.17) is 4.74 Å². The van der Waals surface area contributed by atoms with Crippen molar-refractivity contribution in [3.8, 4) is 5.75 Å². The predicted molar refractivity (Wildman–Crippen MR) is 125 cm³/mol.